The maximum absolute atomic E-state index is 13.3. The number of Topliss-reactive ketones (excluding diaryl/α,β-unsaturated/α-hetero) is 1. The number of nitrogens with one attached hydrogen (secondary N) is 2. The summed E-state index contributed by atoms with van der Waals surface area (Å²) in [4.78, 5) is 34.0. The van der Waals surface area contributed by atoms with E-state index >= 15 is 0 Å². The van der Waals surface area contributed by atoms with Gasteiger partial charge in [0, 0.05) is 0 Å². The summed E-state index contributed by atoms with van der Waals surface area (Å²) in [6.45, 7) is 5.61. The monoisotopic (exact) mass is 532 g/mol. The summed E-state index contributed by atoms with van der Waals surface area (Å²) in [5, 5.41) is 11.0. The normalized spacial score (nSPS) is 10.8. The molecular formula is C31H28N6O3. The minimum atomic E-state index is -0.450. The molecule has 0 saturated heterocycles. The third-order valence-electron chi connectivity index (χ3n) is 6.41. The number of carbonyl (C=O) groups is 2. The van der Waals surface area contributed by atoms with Gasteiger partial charge in [0.05, 0.1) is 31.3 Å². The van der Waals surface area contributed by atoms with Gasteiger partial charge in [-0.3, -0.25) is 9.59 Å². The summed E-state index contributed by atoms with van der Waals surface area (Å²) in [7, 11) is 1.59. The second-order valence-electron chi connectivity index (χ2n) is 9.16. The largest absolute Gasteiger partial charge is 0.495 e. The Morgan fingerprint density at radius 2 is 1.77 bits per heavy atom. The van der Waals surface area contributed by atoms with Crippen LogP contribution in [0.15, 0.2) is 91.8 Å². The molecule has 0 atom stereocenters. The molecule has 0 fully saturated rings. The van der Waals surface area contributed by atoms with E-state index in [1.165, 1.54) is 6.33 Å². The quantitative estimate of drug-likeness (QED) is 0.190. The lowest BCUT2D eigenvalue weighted by Crippen LogP contribution is -2.28. The van der Waals surface area contributed by atoms with E-state index in [1.807, 2.05) is 79.7 Å². The molecule has 2 heterocycles. The Morgan fingerprint density at radius 1 is 1.00 bits per heavy atom. The maximum Gasteiger partial charge on any atom is 0.243 e. The molecule has 0 spiro atoms. The van der Waals surface area contributed by atoms with Crippen LogP contribution in [0.1, 0.15) is 21.6 Å². The van der Waals surface area contributed by atoms with Gasteiger partial charge in [-0.05, 0) is 41.8 Å². The first-order valence-corrected chi connectivity index (χ1v) is 12.7. The lowest BCUT2D eigenvalue weighted by molar-refractivity contribution is -0.116. The van der Waals surface area contributed by atoms with E-state index in [-0.39, 0.29) is 18.0 Å². The van der Waals surface area contributed by atoms with E-state index in [0.717, 1.165) is 28.3 Å². The van der Waals surface area contributed by atoms with Crippen LogP contribution in [0.5, 0.6) is 5.75 Å². The molecule has 200 valence electrons. The average Bonchev–Trinajstić information content (AvgIpc) is 3.36. The van der Waals surface area contributed by atoms with E-state index in [9.17, 15) is 9.59 Å². The molecule has 9 heteroatoms. The van der Waals surface area contributed by atoms with Crippen molar-refractivity contribution >= 4 is 34.2 Å². The Bertz CT molecular complexity index is 1690. The van der Waals surface area contributed by atoms with Crippen molar-refractivity contribution in [1.82, 2.24) is 25.1 Å². The number of aromatic nitrogens is 4. The molecular weight excluding hydrogens is 504 g/mol. The number of amides is 1. The van der Waals surface area contributed by atoms with Crippen molar-refractivity contribution in [2.75, 3.05) is 19.0 Å². The highest BCUT2D eigenvalue weighted by atomic mass is 16.5. The summed E-state index contributed by atoms with van der Waals surface area (Å²) in [6, 6.07) is 23.8. The molecule has 0 radical (unpaired) electrons. The molecule has 1 amide bonds. The molecule has 0 unspecified atom stereocenters. The third kappa shape index (κ3) is 5.58. The fourth-order valence-electron chi connectivity index (χ4n) is 4.34. The number of hydrogen-bond donors (Lipinski definition) is 2. The summed E-state index contributed by atoms with van der Waals surface area (Å²) >= 11 is 0. The lowest BCUT2D eigenvalue weighted by Gasteiger charge is -2.13. The number of benzene rings is 3. The van der Waals surface area contributed by atoms with Crippen molar-refractivity contribution in [2.45, 2.75) is 13.5 Å². The molecule has 9 nitrogen and oxygen atoms in total. The Morgan fingerprint density at radius 3 is 2.50 bits per heavy atom. The molecule has 0 saturated carbocycles. The van der Waals surface area contributed by atoms with Gasteiger partial charge in [-0.1, -0.05) is 72.8 Å². The predicted molar refractivity (Wildman–Crippen MR) is 155 cm³/mol. The van der Waals surface area contributed by atoms with Crippen LogP contribution < -0.4 is 15.4 Å². The number of methoxy groups -OCH3 is 1. The average molecular weight is 533 g/mol. The van der Waals surface area contributed by atoms with Crippen LogP contribution in [0.4, 0.5) is 11.5 Å². The van der Waals surface area contributed by atoms with E-state index in [0.29, 0.717) is 34.8 Å². The number of ketones is 1. The van der Waals surface area contributed by atoms with E-state index < -0.39 is 5.91 Å². The number of nitrogens with zero attached hydrogens (tertiary/aromatic N) is 4. The van der Waals surface area contributed by atoms with Crippen molar-refractivity contribution in [3.8, 4) is 16.9 Å². The second-order valence-corrected chi connectivity index (χ2v) is 9.16. The fraction of sp³-hybridized carbons (Fsp3) is 0.129. The zero-order chi connectivity index (χ0) is 28.1. The summed E-state index contributed by atoms with van der Waals surface area (Å²) in [5.74, 6) is 0.159. The SMILES string of the molecule is C=CC(=O)NCC(=O)c1nn(Cc2ccc(C)cc2)c2ncnc(Nc3cc(-c4ccccc4)ccc3OC)c12. The lowest BCUT2D eigenvalue weighted by atomic mass is 10.0. The topological polar surface area (TPSA) is 111 Å². The van der Waals surface area contributed by atoms with Gasteiger partial charge >= 0.3 is 0 Å². The van der Waals surface area contributed by atoms with Gasteiger partial charge in [-0.15, -0.1) is 0 Å². The van der Waals surface area contributed by atoms with Crippen molar-refractivity contribution in [3.63, 3.8) is 0 Å². The Labute approximate surface area is 231 Å². The van der Waals surface area contributed by atoms with Crippen molar-refractivity contribution < 1.29 is 14.3 Å². The van der Waals surface area contributed by atoms with Gasteiger partial charge in [0.2, 0.25) is 11.7 Å². The van der Waals surface area contributed by atoms with E-state index in [1.54, 1.807) is 11.8 Å². The van der Waals surface area contributed by atoms with E-state index in [4.69, 9.17) is 4.74 Å². The third-order valence-corrected chi connectivity index (χ3v) is 6.41. The Kier molecular flexibility index (Phi) is 7.63. The number of carbonyl (C=O) groups excluding carboxylic acids is 2. The molecule has 2 N–H and O–H groups in total. The van der Waals surface area contributed by atoms with E-state index in [2.05, 4.69) is 32.3 Å². The van der Waals surface area contributed by atoms with Gasteiger partial charge in [-0.2, -0.15) is 5.10 Å². The first kappa shape index (κ1) is 26.3. The van der Waals surface area contributed by atoms with Gasteiger partial charge in [0.1, 0.15) is 23.6 Å². The number of fused-ring (bicyclic) bond motifs is 1. The summed E-state index contributed by atoms with van der Waals surface area (Å²) < 4.78 is 7.29. The molecule has 0 aliphatic rings. The fourth-order valence-corrected chi connectivity index (χ4v) is 4.34. The summed E-state index contributed by atoms with van der Waals surface area (Å²) in [6.07, 6.45) is 2.54. The molecule has 0 aliphatic heterocycles. The molecule has 0 bridgehead atoms. The van der Waals surface area contributed by atoms with Crippen molar-refractivity contribution in [3.05, 3.63) is 109 Å². The first-order valence-electron chi connectivity index (χ1n) is 12.7. The van der Waals surface area contributed by atoms with Crippen LogP contribution in [0.2, 0.25) is 0 Å². The number of anilines is 2. The molecule has 0 aliphatic carbocycles. The van der Waals surface area contributed by atoms with Crippen molar-refractivity contribution in [1.29, 1.82) is 0 Å². The van der Waals surface area contributed by atoms with Crippen LogP contribution in [-0.4, -0.2) is 45.1 Å². The second kappa shape index (κ2) is 11.6. The Hall–Kier alpha value is -5.31. The predicted octanol–water partition coefficient (Wildman–Crippen LogP) is 5.09. The minimum absolute atomic E-state index is 0.146. The van der Waals surface area contributed by atoms with Crippen LogP contribution in [0, 0.1) is 6.92 Å². The number of hydrogen-bond acceptors (Lipinski definition) is 7. The highest BCUT2D eigenvalue weighted by Gasteiger charge is 2.23. The van der Waals surface area contributed by atoms with Crippen LogP contribution in [0.25, 0.3) is 22.2 Å². The molecule has 5 aromatic rings. The standard InChI is InChI=1S/C31H28N6O3/c1-4-27(39)32-17-25(38)29-28-30(33-19-34-31(28)37(36-29)18-21-12-10-20(2)11-13-21)35-24-16-23(14-15-26(24)40-3)22-8-6-5-7-9-22/h4-16,19H,1,17-18H2,2-3H3,(H,32,39)(H,33,34,35). The highest BCUT2D eigenvalue weighted by Crippen LogP contribution is 2.35. The number of rotatable bonds is 10. The van der Waals surface area contributed by atoms with Gasteiger partial charge < -0.3 is 15.4 Å². The molecule has 3 aromatic carbocycles. The Balaban J connectivity index is 1.59. The molecule has 2 aromatic heterocycles. The zero-order valence-corrected chi connectivity index (χ0v) is 22.2. The number of ether oxygens (including phenoxy) is 1. The first-order chi connectivity index (χ1) is 19.5. The van der Waals surface area contributed by atoms with Crippen LogP contribution in [0.3, 0.4) is 0 Å². The molecule has 5 rings (SSSR count). The highest BCUT2D eigenvalue weighted by molar-refractivity contribution is 6.11. The molecule has 40 heavy (non-hydrogen) atoms. The van der Waals surface area contributed by atoms with Gasteiger partial charge in [-0.25, -0.2) is 14.6 Å². The minimum Gasteiger partial charge on any atom is -0.495 e. The maximum atomic E-state index is 13.3. The van der Waals surface area contributed by atoms with Gasteiger partial charge in [0.25, 0.3) is 0 Å². The van der Waals surface area contributed by atoms with Crippen LogP contribution >= 0.6 is 0 Å². The summed E-state index contributed by atoms with van der Waals surface area (Å²) in [5.41, 5.74) is 5.45. The zero-order valence-electron chi connectivity index (χ0n) is 22.2. The van der Waals surface area contributed by atoms with Gasteiger partial charge in [0.15, 0.2) is 5.65 Å². The van der Waals surface area contributed by atoms with Crippen molar-refractivity contribution in [2.24, 2.45) is 0 Å². The smallest absolute Gasteiger partial charge is 0.243 e. The van der Waals surface area contributed by atoms with Crippen LogP contribution in [-0.2, 0) is 11.3 Å². The number of aryl methyl sites for hydroxylation is 1.